The van der Waals surface area contributed by atoms with Crippen LogP contribution in [0.4, 0.5) is 4.79 Å². The van der Waals surface area contributed by atoms with Crippen molar-refractivity contribution in [2.24, 2.45) is 10.7 Å². The van der Waals surface area contributed by atoms with E-state index in [-0.39, 0.29) is 36.2 Å². The van der Waals surface area contributed by atoms with Gasteiger partial charge in [-0.15, -0.1) is 0 Å². The molecular weight excluding hydrogens is 452 g/mol. The molecule has 1 atom stereocenters. The molecule has 0 bridgehead atoms. The Balaban J connectivity index is 1.82. The minimum Gasteiger partial charge on any atom is -0.477 e. The summed E-state index contributed by atoms with van der Waals surface area (Å²) in [5.41, 5.74) is 7.07. The first kappa shape index (κ1) is 26.1. The topological polar surface area (TPSA) is 139 Å². The Bertz CT molecular complexity index is 1070. The largest absolute Gasteiger partial charge is 0.477 e. The normalized spacial score (nSPS) is 18.2. The molecule has 2 aliphatic rings. The molecule has 1 aromatic rings. The van der Waals surface area contributed by atoms with Gasteiger partial charge >= 0.3 is 6.09 Å². The van der Waals surface area contributed by atoms with Gasteiger partial charge in [0.1, 0.15) is 23.0 Å². The highest BCUT2D eigenvalue weighted by Gasteiger charge is 2.41. The molecule has 0 saturated carbocycles. The summed E-state index contributed by atoms with van der Waals surface area (Å²) in [4.78, 5) is 49.9. The molecule has 3 amide bonds. The number of nitrogens with one attached hydrogen (secondary N) is 1. The molecule has 0 aromatic carbocycles. The van der Waals surface area contributed by atoms with Gasteiger partial charge in [0.25, 0.3) is 11.8 Å². The van der Waals surface area contributed by atoms with Crippen molar-refractivity contribution in [2.75, 3.05) is 19.9 Å². The zero-order valence-electron chi connectivity index (χ0n) is 21.2. The summed E-state index contributed by atoms with van der Waals surface area (Å²) in [7, 11) is 0. The van der Waals surface area contributed by atoms with Gasteiger partial charge in [-0.3, -0.25) is 19.5 Å². The number of aryl methyl sites for hydroxylation is 1. The van der Waals surface area contributed by atoms with Gasteiger partial charge in [0, 0.05) is 6.20 Å². The molecule has 1 aromatic heterocycles. The summed E-state index contributed by atoms with van der Waals surface area (Å²) in [6.07, 6.45) is 1.95. The third kappa shape index (κ3) is 5.97. The van der Waals surface area contributed by atoms with Crippen LogP contribution in [-0.2, 0) is 9.53 Å². The van der Waals surface area contributed by atoms with E-state index in [4.69, 9.17) is 15.2 Å². The van der Waals surface area contributed by atoms with Crippen molar-refractivity contribution < 1.29 is 23.9 Å². The highest BCUT2D eigenvalue weighted by molar-refractivity contribution is 6.46. The molecule has 190 valence electrons. The van der Waals surface area contributed by atoms with Crippen LogP contribution >= 0.6 is 0 Å². The Morgan fingerprint density at radius 1 is 1.23 bits per heavy atom. The van der Waals surface area contributed by atoms with Gasteiger partial charge in [-0.05, 0) is 57.7 Å². The number of carbonyl (C=O) groups excluding carboxylic acids is 3. The lowest BCUT2D eigenvalue weighted by atomic mass is 10.1. The van der Waals surface area contributed by atoms with E-state index in [1.165, 1.54) is 4.90 Å². The molecule has 11 nitrogen and oxygen atoms in total. The predicted octanol–water partition coefficient (Wildman–Crippen LogP) is 2.31. The highest BCUT2D eigenvalue weighted by Crippen LogP contribution is 2.30. The monoisotopic (exact) mass is 486 g/mol. The van der Waals surface area contributed by atoms with Crippen LogP contribution in [0.25, 0.3) is 0 Å². The number of nitrogens with two attached hydrogens (primary N) is 1. The number of primary amides is 1. The molecule has 3 N–H and O–H groups in total. The van der Waals surface area contributed by atoms with Gasteiger partial charge in [-0.25, -0.2) is 14.7 Å². The molecule has 2 aliphatic heterocycles. The van der Waals surface area contributed by atoms with Crippen LogP contribution < -0.4 is 15.8 Å². The van der Waals surface area contributed by atoms with Gasteiger partial charge in [0.2, 0.25) is 5.88 Å². The molecular formula is C24H34N6O5. The number of amides is 3. The Morgan fingerprint density at radius 2 is 1.91 bits per heavy atom. The van der Waals surface area contributed by atoms with Crippen LogP contribution in [0.15, 0.2) is 28.5 Å². The molecule has 1 fully saturated rings. The predicted molar refractivity (Wildman–Crippen MR) is 130 cm³/mol. The van der Waals surface area contributed by atoms with Crippen LogP contribution in [-0.4, -0.2) is 70.1 Å². The molecule has 35 heavy (non-hydrogen) atoms. The first-order chi connectivity index (χ1) is 16.4. The van der Waals surface area contributed by atoms with Crippen LogP contribution in [0, 0.1) is 6.92 Å². The summed E-state index contributed by atoms with van der Waals surface area (Å²) in [5.74, 6) is -0.999. The summed E-state index contributed by atoms with van der Waals surface area (Å²) in [5, 5.41) is 2.83. The SMILES string of the molecule is CCCOc1ncc(C)cc1C(=O)NC1=C(CC)C(N2CN(C(=O)OC(C)(C)C)C2)N=C1C(N)=O. The minimum atomic E-state index is -0.747. The summed E-state index contributed by atoms with van der Waals surface area (Å²) in [6.45, 7) is 12.1. The van der Waals surface area contributed by atoms with E-state index in [0.717, 1.165) is 17.6 Å². The fraction of sp³-hybridized carbons (Fsp3) is 0.542. The average molecular weight is 487 g/mol. The number of ether oxygens (including phenoxy) is 2. The zero-order chi connectivity index (χ0) is 25.9. The highest BCUT2D eigenvalue weighted by atomic mass is 16.6. The zero-order valence-corrected chi connectivity index (χ0v) is 21.2. The van der Waals surface area contributed by atoms with Crippen molar-refractivity contribution in [3.05, 3.63) is 34.7 Å². The number of rotatable bonds is 8. The van der Waals surface area contributed by atoms with Gasteiger partial charge in [0.05, 0.1) is 25.6 Å². The lowest BCUT2D eigenvalue weighted by Crippen LogP contribution is -2.61. The molecule has 0 aliphatic carbocycles. The molecule has 0 spiro atoms. The first-order valence-electron chi connectivity index (χ1n) is 11.7. The smallest absolute Gasteiger partial charge is 0.412 e. The van der Waals surface area contributed by atoms with E-state index >= 15 is 0 Å². The van der Waals surface area contributed by atoms with Crippen molar-refractivity contribution in [3.63, 3.8) is 0 Å². The third-order valence-corrected chi connectivity index (χ3v) is 5.35. The second-order valence-electron chi connectivity index (χ2n) is 9.53. The fourth-order valence-electron chi connectivity index (χ4n) is 3.74. The number of hydrogen-bond donors (Lipinski definition) is 2. The van der Waals surface area contributed by atoms with Gasteiger partial charge < -0.3 is 20.5 Å². The van der Waals surface area contributed by atoms with Crippen molar-refractivity contribution in [3.8, 4) is 5.88 Å². The summed E-state index contributed by atoms with van der Waals surface area (Å²) < 4.78 is 11.0. The first-order valence-corrected chi connectivity index (χ1v) is 11.7. The van der Waals surface area contributed by atoms with E-state index in [2.05, 4.69) is 15.3 Å². The number of hydrogen-bond acceptors (Lipinski definition) is 8. The Kier molecular flexibility index (Phi) is 7.79. The van der Waals surface area contributed by atoms with Crippen LogP contribution in [0.5, 0.6) is 5.88 Å². The molecule has 3 heterocycles. The van der Waals surface area contributed by atoms with Gasteiger partial charge in [-0.1, -0.05) is 13.8 Å². The van der Waals surface area contributed by atoms with E-state index in [1.54, 1.807) is 33.0 Å². The molecule has 11 heteroatoms. The number of carbonyl (C=O) groups is 3. The second-order valence-corrected chi connectivity index (χ2v) is 9.53. The van der Waals surface area contributed by atoms with Crippen molar-refractivity contribution in [2.45, 2.75) is 66.2 Å². The molecule has 1 unspecified atom stereocenters. The van der Waals surface area contributed by atoms with E-state index in [9.17, 15) is 14.4 Å². The fourth-order valence-corrected chi connectivity index (χ4v) is 3.74. The molecule has 0 radical (unpaired) electrons. The number of pyridine rings is 1. The molecule has 3 rings (SSSR count). The van der Waals surface area contributed by atoms with Crippen molar-refractivity contribution >= 4 is 23.6 Å². The van der Waals surface area contributed by atoms with Gasteiger partial charge in [0.15, 0.2) is 0 Å². The summed E-state index contributed by atoms with van der Waals surface area (Å²) >= 11 is 0. The van der Waals surface area contributed by atoms with Crippen LogP contribution in [0.2, 0.25) is 0 Å². The maximum Gasteiger partial charge on any atom is 0.412 e. The van der Waals surface area contributed by atoms with E-state index < -0.39 is 29.7 Å². The maximum atomic E-state index is 13.2. The number of aliphatic imine (C=N–C) groups is 1. The minimum absolute atomic E-state index is 0.00689. The third-order valence-electron chi connectivity index (χ3n) is 5.35. The Morgan fingerprint density at radius 3 is 2.49 bits per heavy atom. The average Bonchev–Trinajstić information content (AvgIpc) is 3.08. The lowest BCUT2D eigenvalue weighted by molar-refractivity contribution is -0.112. The number of nitrogens with zero attached hydrogens (tertiary/aromatic N) is 4. The van der Waals surface area contributed by atoms with Crippen LogP contribution in [0.1, 0.15) is 63.4 Å². The van der Waals surface area contributed by atoms with Gasteiger partial charge in [-0.2, -0.15) is 0 Å². The number of aromatic nitrogens is 1. The Labute approximate surface area is 205 Å². The second kappa shape index (κ2) is 10.4. The summed E-state index contributed by atoms with van der Waals surface area (Å²) in [6, 6.07) is 1.68. The van der Waals surface area contributed by atoms with Crippen LogP contribution in [0.3, 0.4) is 0 Å². The van der Waals surface area contributed by atoms with E-state index in [0.29, 0.717) is 13.0 Å². The van der Waals surface area contributed by atoms with Crippen molar-refractivity contribution in [1.82, 2.24) is 20.1 Å². The quantitative estimate of drug-likeness (QED) is 0.575. The Hall–Kier alpha value is -3.47. The van der Waals surface area contributed by atoms with Crippen molar-refractivity contribution in [1.29, 1.82) is 0 Å². The van der Waals surface area contributed by atoms with E-state index in [1.807, 2.05) is 25.7 Å². The standard InChI is InChI=1S/C24H34N6O5/c1-7-9-34-22-16(10-14(3)11-26-22)21(32)28-17-15(8-2)20(27-18(17)19(25)31)29-12-30(13-29)23(33)35-24(4,5)6/h10-11,20H,7-9,12-13H2,1-6H3,(H2,25,31)(H,28,32). The maximum absolute atomic E-state index is 13.2. The molecule has 1 saturated heterocycles. The lowest BCUT2D eigenvalue weighted by Gasteiger charge is -2.45.